The standard InChI is InChI=1S/C24H23NO6/c1-4-13-30-20-8-6-5-7-18(20)10-12-23(26)31-21-11-9-17(15-22(21)28-2)14-19(16-25)24(27)29-3/h5-12,14-15H,4,13H2,1-3H3/b12-10+,19-14+. The van der Waals surface area contributed by atoms with Crippen molar-refractivity contribution in [2.24, 2.45) is 0 Å². The van der Waals surface area contributed by atoms with Gasteiger partial charge in [0.1, 0.15) is 17.4 Å². The molecule has 0 saturated carbocycles. The lowest BCUT2D eigenvalue weighted by Gasteiger charge is -2.09. The molecule has 31 heavy (non-hydrogen) atoms. The van der Waals surface area contributed by atoms with Crippen molar-refractivity contribution in [1.82, 2.24) is 0 Å². The van der Waals surface area contributed by atoms with E-state index in [4.69, 9.17) is 19.5 Å². The minimum Gasteiger partial charge on any atom is -0.493 e. The van der Waals surface area contributed by atoms with Gasteiger partial charge in [0.15, 0.2) is 11.5 Å². The first-order valence-electron chi connectivity index (χ1n) is 9.52. The number of benzene rings is 2. The average molecular weight is 421 g/mol. The zero-order valence-corrected chi connectivity index (χ0v) is 17.6. The van der Waals surface area contributed by atoms with Gasteiger partial charge in [-0.1, -0.05) is 31.2 Å². The van der Waals surface area contributed by atoms with Gasteiger partial charge in [0.05, 0.1) is 20.8 Å². The Hall–Kier alpha value is -4.05. The van der Waals surface area contributed by atoms with Crippen molar-refractivity contribution in [2.45, 2.75) is 13.3 Å². The van der Waals surface area contributed by atoms with Gasteiger partial charge in [0, 0.05) is 11.6 Å². The van der Waals surface area contributed by atoms with Crippen molar-refractivity contribution >= 4 is 24.1 Å². The minimum atomic E-state index is -0.745. The average Bonchev–Trinajstić information content (AvgIpc) is 2.80. The second-order valence-electron chi connectivity index (χ2n) is 6.21. The monoisotopic (exact) mass is 421 g/mol. The number of methoxy groups -OCH3 is 2. The van der Waals surface area contributed by atoms with Crippen LogP contribution in [0, 0.1) is 11.3 Å². The lowest BCUT2D eigenvalue weighted by atomic mass is 10.1. The molecular weight excluding hydrogens is 398 g/mol. The molecule has 160 valence electrons. The van der Waals surface area contributed by atoms with E-state index in [0.717, 1.165) is 12.0 Å². The Morgan fingerprint density at radius 1 is 1.06 bits per heavy atom. The van der Waals surface area contributed by atoms with Crippen LogP contribution in [-0.4, -0.2) is 32.8 Å². The van der Waals surface area contributed by atoms with Crippen molar-refractivity contribution in [1.29, 1.82) is 5.26 Å². The van der Waals surface area contributed by atoms with Crippen LogP contribution in [0.5, 0.6) is 17.2 Å². The molecule has 0 fully saturated rings. The van der Waals surface area contributed by atoms with Crippen LogP contribution in [0.1, 0.15) is 24.5 Å². The van der Waals surface area contributed by atoms with Crippen molar-refractivity contribution in [3.63, 3.8) is 0 Å². The van der Waals surface area contributed by atoms with Crippen LogP contribution >= 0.6 is 0 Å². The lowest BCUT2D eigenvalue weighted by Crippen LogP contribution is -2.05. The Kier molecular flexibility index (Phi) is 8.87. The highest BCUT2D eigenvalue weighted by molar-refractivity contribution is 5.98. The van der Waals surface area contributed by atoms with Gasteiger partial charge in [-0.15, -0.1) is 0 Å². The van der Waals surface area contributed by atoms with E-state index < -0.39 is 11.9 Å². The number of esters is 2. The van der Waals surface area contributed by atoms with Gasteiger partial charge in [-0.05, 0) is 42.3 Å². The van der Waals surface area contributed by atoms with Crippen LogP contribution in [0.2, 0.25) is 0 Å². The van der Waals surface area contributed by atoms with Crippen LogP contribution in [-0.2, 0) is 14.3 Å². The maximum Gasteiger partial charge on any atom is 0.348 e. The minimum absolute atomic E-state index is 0.166. The summed E-state index contributed by atoms with van der Waals surface area (Å²) >= 11 is 0. The van der Waals surface area contributed by atoms with Gasteiger partial charge < -0.3 is 18.9 Å². The smallest absolute Gasteiger partial charge is 0.348 e. The predicted molar refractivity (Wildman–Crippen MR) is 115 cm³/mol. The SMILES string of the molecule is CCCOc1ccccc1/C=C/C(=O)Oc1ccc(/C=C(\C#N)C(=O)OC)cc1OC. The van der Waals surface area contributed by atoms with Crippen molar-refractivity contribution < 1.29 is 28.5 Å². The molecule has 0 aliphatic rings. The fourth-order valence-corrected chi connectivity index (χ4v) is 2.53. The van der Waals surface area contributed by atoms with E-state index in [-0.39, 0.29) is 17.1 Å². The second kappa shape index (κ2) is 11.8. The Bertz CT molecular complexity index is 1030. The molecule has 0 aliphatic heterocycles. The molecule has 0 unspecified atom stereocenters. The zero-order valence-electron chi connectivity index (χ0n) is 17.6. The van der Waals surface area contributed by atoms with E-state index in [2.05, 4.69) is 4.74 Å². The molecular formula is C24H23NO6. The Morgan fingerprint density at radius 3 is 2.52 bits per heavy atom. The maximum atomic E-state index is 12.3. The molecule has 0 saturated heterocycles. The van der Waals surface area contributed by atoms with Crippen LogP contribution in [0.15, 0.2) is 54.1 Å². The Morgan fingerprint density at radius 2 is 1.84 bits per heavy atom. The van der Waals surface area contributed by atoms with E-state index in [9.17, 15) is 9.59 Å². The van der Waals surface area contributed by atoms with Gasteiger partial charge in [-0.25, -0.2) is 9.59 Å². The molecule has 0 heterocycles. The summed E-state index contributed by atoms with van der Waals surface area (Å²) in [7, 11) is 2.61. The van der Waals surface area contributed by atoms with Crippen LogP contribution in [0.4, 0.5) is 0 Å². The Labute approximate surface area is 181 Å². The molecule has 0 radical (unpaired) electrons. The highest BCUT2D eigenvalue weighted by Gasteiger charge is 2.12. The maximum absolute atomic E-state index is 12.3. The molecule has 2 rings (SSSR count). The Balaban J connectivity index is 2.17. The van der Waals surface area contributed by atoms with E-state index in [1.54, 1.807) is 24.3 Å². The van der Waals surface area contributed by atoms with E-state index in [1.807, 2.05) is 31.2 Å². The molecule has 0 aliphatic carbocycles. The number of hydrogen-bond acceptors (Lipinski definition) is 7. The first-order chi connectivity index (χ1) is 15.0. The molecule has 0 spiro atoms. The molecule has 0 N–H and O–H groups in total. The normalized spacial score (nSPS) is 11.0. The highest BCUT2D eigenvalue weighted by Crippen LogP contribution is 2.29. The molecule has 7 heteroatoms. The molecule has 2 aromatic rings. The first-order valence-corrected chi connectivity index (χ1v) is 9.52. The van der Waals surface area contributed by atoms with E-state index in [0.29, 0.717) is 17.9 Å². The molecule has 0 atom stereocenters. The summed E-state index contributed by atoms with van der Waals surface area (Å²) in [6.07, 6.45) is 5.15. The van der Waals surface area contributed by atoms with E-state index in [1.165, 1.54) is 32.4 Å². The summed E-state index contributed by atoms with van der Waals surface area (Å²) in [5.74, 6) is -0.198. The summed E-state index contributed by atoms with van der Waals surface area (Å²) in [6, 6.07) is 13.8. The molecule has 2 aromatic carbocycles. The number of carbonyl (C=O) groups excluding carboxylic acids is 2. The van der Waals surface area contributed by atoms with Crippen LogP contribution in [0.25, 0.3) is 12.2 Å². The fraction of sp³-hybridized carbons (Fsp3) is 0.208. The van der Waals surface area contributed by atoms with Crippen molar-refractivity contribution in [2.75, 3.05) is 20.8 Å². The lowest BCUT2D eigenvalue weighted by molar-refractivity contribution is -0.135. The number of carbonyl (C=O) groups is 2. The summed E-state index contributed by atoms with van der Waals surface area (Å²) < 4.78 is 20.9. The fourth-order valence-electron chi connectivity index (χ4n) is 2.53. The number of nitrogens with zero attached hydrogens (tertiary/aromatic N) is 1. The van der Waals surface area contributed by atoms with Gasteiger partial charge in [0.2, 0.25) is 0 Å². The summed E-state index contributed by atoms with van der Waals surface area (Å²) in [6.45, 7) is 2.59. The second-order valence-corrected chi connectivity index (χ2v) is 6.21. The number of ether oxygens (including phenoxy) is 4. The number of hydrogen-bond donors (Lipinski definition) is 0. The zero-order chi connectivity index (χ0) is 22.6. The van der Waals surface area contributed by atoms with E-state index >= 15 is 0 Å². The predicted octanol–water partition coefficient (Wildman–Crippen LogP) is 4.18. The molecule has 7 nitrogen and oxygen atoms in total. The molecule has 0 bridgehead atoms. The third-order valence-electron chi connectivity index (χ3n) is 4.01. The third-order valence-corrected chi connectivity index (χ3v) is 4.01. The largest absolute Gasteiger partial charge is 0.493 e. The van der Waals surface area contributed by atoms with Crippen molar-refractivity contribution in [3.05, 3.63) is 65.2 Å². The quantitative estimate of drug-likeness (QED) is 0.259. The number of nitriles is 1. The van der Waals surface area contributed by atoms with Gasteiger partial charge in [-0.2, -0.15) is 5.26 Å². The summed E-state index contributed by atoms with van der Waals surface area (Å²) in [4.78, 5) is 23.9. The van der Waals surface area contributed by atoms with Crippen LogP contribution in [0.3, 0.4) is 0 Å². The van der Waals surface area contributed by atoms with Crippen molar-refractivity contribution in [3.8, 4) is 23.3 Å². The number of para-hydroxylation sites is 1. The topological polar surface area (TPSA) is 94.9 Å². The third kappa shape index (κ3) is 6.75. The highest BCUT2D eigenvalue weighted by atomic mass is 16.6. The molecule has 0 amide bonds. The first kappa shape index (κ1) is 23.2. The van der Waals surface area contributed by atoms with Gasteiger partial charge in [-0.3, -0.25) is 0 Å². The summed E-state index contributed by atoms with van der Waals surface area (Å²) in [5, 5.41) is 9.07. The number of rotatable bonds is 9. The van der Waals surface area contributed by atoms with Gasteiger partial charge >= 0.3 is 11.9 Å². The van der Waals surface area contributed by atoms with Gasteiger partial charge in [0.25, 0.3) is 0 Å². The van der Waals surface area contributed by atoms with Crippen LogP contribution < -0.4 is 14.2 Å². The molecule has 0 aromatic heterocycles. The summed E-state index contributed by atoms with van der Waals surface area (Å²) in [5.41, 5.74) is 1.10.